The molecule has 174 valence electrons. The largest absolute Gasteiger partial charge is 0.496 e. The number of rotatable bonds is 8. The summed E-state index contributed by atoms with van der Waals surface area (Å²) in [6.07, 6.45) is 3.31. The first-order chi connectivity index (χ1) is 16.4. The molecule has 3 aromatic carbocycles. The molecule has 0 fully saturated rings. The van der Waals surface area contributed by atoms with Crippen molar-refractivity contribution in [3.63, 3.8) is 0 Å². The van der Waals surface area contributed by atoms with Gasteiger partial charge >= 0.3 is 0 Å². The first-order valence-electron chi connectivity index (χ1n) is 10.9. The van der Waals surface area contributed by atoms with E-state index in [-0.39, 0.29) is 18.3 Å². The van der Waals surface area contributed by atoms with E-state index in [2.05, 4.69) is 10.4 Å². The summed E-state index contributed by atoms with van der Waals surface area (Å²) in [6.45, 7) is 4.74. The molecule has 0 bridgehead atoms. The van der Waals surface area contributed by atoms with Crippen LogP contribution in [0.1, 0.15) is 32.6 Å². The highest BCUT2D eigenvalue weighted by atomic mass is 19.1. The Morgan fingerprint density at radius 1 is 1.03 bits per heavy atom. The number of halogens is 1. The molecule has 0 aliphatic rings. The van der Waals surface area contributed by atoms with E-state index >= 15 is 0 Å². The fourth-order valence-electron chi connectivity index (χ4n) is 3.55. The van der Waals surface area contributed by atoms with Crippen molar-refractivity contribution < 1.29 is 18.7 Å². The van der Waals surface area contributed by atoms with Gasteiger partial charge in [-0.25, -0.2) is 4.39 Å². The summed E-state index contributed by atoms with van der Waals surface area (Å²) in [4.78, 5) is 12.9. The van der Waals surface area contributed by atoms with E-state index in [0.717, 1.165) is 28.0 Å². The highest BCUT2D eigenvalue weighted by Gasteiger charge is 2.13. The minimum atomic E-state index is -0.282. The minimum absolute atomic E-state index is 0.267. The lowest BCUT2D eigenvalue weighted by Gasteiger charge is -2.14. The van der Waals surface area contributed by atoms with Crippen molar-refractivity contribution in [2.75, 3.05) is 12.4 Å². The molecule has 1 aromatic heterocycles. The van der Waals surface area contributed by atoms with Crippen LogP contribution in [0.3, 0.4) is 0 Å². The summed E-state index contributed by atoms with van der Waals surface area (Å²) in [6, 6.07) is 17.5. The quantitative estimate of drug-likeness (QED) is 0.376. The van der Waals surface area contributed by atoms with Crippen molar-refractivity contribution in [2.45, 2.75) is 27.0 Å². The van der Waals surface area contributed by atoms with Gasteiger partial charge in [0, 0.05) is 17.3 Å². The molecule has 1 N–H and O–H groups in total. The Hall–Kier alpha value is -4.13. The number of nitrogens with one attached hydrogen (secondary N) is 1. The van der Waals surface area contributed by atoms with Crippen LogP contribution in [0.4, 0.5) is 10.1 Å². The first kappa shape index (κ1) is 23.0. The second kappa shape index (κ2) is 10.2. The van der Waals surface area contributed by atoms with Crippen molar-refractivity contribution >= 4 is 11.6 Å². The third-order valence-corrected chi connectivity index (χ3v) is 5.42. The zero-order valence-corrected chi connectivity index (χ0v) is 19.3. The summed E-state index contributed by atoms with van der Waals surface area (Å²) in [5, 5.41) is 7.14. The monoisotopic (exact) mass is 459 g/mol. The summed E-state index contributed by atoms with van der Waals surface area (Å²) in [7, 11) is 1.59. The topological polar surface area (TPSA) is 65.4 Å². The summed E-state index contributed by atoms with van der Waals surface area (Å²) in [5.41, 5.74) is 4.87. The van der Waals surface area contributed by atoms with Crippen LogP contribution >= 0.6 is 0 Å². The zero-order valence-electron chi connectivity index (χ0n) is 19.3. The molecule has 4 aromatic rings. The maximum atomic E-state index is 13.1. The number of amides is 1. The third-order valence-electron chi connectivity index (χ3n) is 5.42. The number of aromatic nitrogens is 2. The molecule has 4 rings (SSSR count). The number of methoxy groups -OCH3 is 1. The maximum absolute atomic E-state index is 13.1. The van der Waals surface area contributed by atoms with Crippen molar-refractivity contribution in [2.24, 2.45) is 0 Å². The van der Waals surface area contributed by atoms with Crippen molar-refractivity contribution in [3.8, 4) is 11.5 Å². The van der Waals surface area contributed by atoms with E-state index in [4.69, 9.17) is 9.47 Å². The summed E-state index contributed by atoms with van der Waals surface area (Å²) in [5.74, 6) is 0.895. The average molecular weight is 460 g/mol. The van der Waals surface area contributed by atoms with Gasteiger partial charge in [-0.2, -0.15) is 5.10 Å². The standard InChI is InChI=1S/C27H26FN3O3/c1-18-4-5-19(2)26(12-18)34-17-22-13-21(8-11-25(22)33-3)27(32)30-24-14-29-31(16-24)15-20-6-9-23(28)10-7-20/h4-14,16H,15,17H2,1-3H3,(H,30,32). The van der Waals surface area contributed by atoms with Crippen LogP contribution in [-0.2, 0) is 13.2 Å². The second-order valence-electron chi connectivity index (χ2n) is 8.09. The van der Waals surface area contributed by atoms with Crippen LogP contribution < -0.4 is 14.8 Å². The van der Waals surface area contributed by atoms with Gasteiger partial charge in [0.2, 0.25) is 0 Å². The van der Waals surface area contributed by atoms with Crippen LogP contribution in [0.5, 0.6) is 11.5 Å². The number of carbonyl (C=O) groups is 1. The summed E-state index contributed by atoms with van der Waals surface area (Å²) >= 11 is 0. The molecule has 0 spiro atoms. The predicted octanol–water partition coefficient (Wildman–Crippen LogP) is 5.53. The number of benzene rings is 3. The minimum Gasteiger partial charge on any atom is -0.496 e. The second-order valence-corrected chi connectivity index (χ2v) is 8.09. The Balaban J connectivity index is 1.44. The van der Waals surface area contributed by atoms with Crippen molar-refractivity contribution in [1.29, 1.82) is 0 Å². The number of nitrogens with zero attached hydrogens (tertiary/aromatic N) is 2. The first-order valence-corrected chi connectivity index (χ1v) is 10.9. The van der Waals surface area contributed by atoms with E-state index < -0.39 is 0 Å². The zero-order chi connectivity index (χ0) is 24.1. The molecule has 0 saturated carbocycles. The fraction of sp³-hybridized carbons (Fsp3) is 0.185. The van der Waals surface area contributed by atoms with Crippen LogP contribution in [0.2, 0.25) is 0 Å². The van der Waals surface area contributed by atoms with Crippen molar-refractivity contribution in [1.82, 2.24) is 9.78 Å². The lowest BCUT2D eigenvalue weighted by Crippen LogP contribution is -2.12. The predicted molar refractivity (Wildman–Crippen MR) is 129 cm³/mol. The normalized spacial score (nSPS) is 10.7. The molecule has 6 nitrogen and oxygen atoms in total. The van der Waals surface area contributed by atoms with Gasteiger partial charge in [0.15, 0.2) is 0 Å². The Kier molecular flexibility index (Phi) is 6.92. The molecule has 0 unspecified atom stereocenters. The Labute approximate surface area is 198 Å². The Morgan fingerprint density at radius 2 is 1.82 bits per heavy atom. The van der Waals surface area contributed by atoms with E-state index in [9.17, 15) is 9.18 Å². The van der Waals surface area contributed by atoms with Crippen LogP contribution in [0.25, 0.3) is 0 Å². The lowest BCUT2D eigenvalue weighted by atomic mass is 10.1. The highest BCUT2D eigenvalue weighted by Crippen LogP contribution is 2.25. The van der Waals surface area contributed by atoms with Gasteiger partial charge in [-0.15, -0.1) is 0 Å². The smallest absolute Gasteiger partial charge is 0.255 e. The van der Waals surface area contributed by atoms with Gasteiger partial charge in [-0.05, 0) is 66.9 Å². The number of hydrogen-bond acceptors (Lipinski definition) is 4. The van der Waals surface area contributed by atoms with Gasteiger partial charge < -0.3 is 14.8 Å². The number of hydrogen-bond donors (Lipinski definition) is 1. The Bertz CT molecular complexity index is 1300. The molecule has 0 atom stereocenters. The molecule has 7 heteroatoms. The highest BCUT2D eigenvalue weighted by molar-refractivity contribution is 6.04. The average Bonchev–Trinajstić information content (AvgIpc) is 3.27. The molecule has 0 saturated heterocycles. The fourth-order valence-corrected chi connectivity index (χ4v) is 3.55. The van der Waals surface area contributed by atoms with Crippen LogP contribution in [0.15, 0.2) is 73.1 Å². The van der Waals surface area contributed by atoms with Crippen LogP contribution in [0, 0.1) is 19.7 Å². The van der Waals surface area contributed by atoms with Gasteiger partial charge in [-0.1, -0.05) is 24.3 Å². The Morgan fingerprint density at radius 3 is 2.59 bits per heavy atom. The number of anilines is 1. The van der Waals surface area contributed by atoms with Gasteiger partial charge in [0.25, 0.3) is 5.91 Å². The number of ether oxygens (including phenoxy) is 2. The van der Waals surface area contributed by atoms with E-state index in [1.807, 2.05) is 32.0 Å². The maximum Gasteiger partial charge on any atom is 0.255 e. The summed E-state index contributed by atoms with van der Waals surface area (Å²) < 4.78 is 26.3. The molecule has 0 radical (unpaired) electrons. The third kappa shape index (κ3) is 5.61. The van der Waals surface area contributed by atoms with E-state index in [1.165, 1.54) is 12.1 Å². The number of carbonyl (C=O) groups excluding carboxylic acids is 1. The molecular formula is C27H26FN3O3. The van der Waals surface area contributed by atoms with Crippen molar-refractivity contribution in [3.05, 3.63) is 107 Å². The van der Waals surface area contributed by atoms with Gasteiger partial charge in [0.1, 0.15) is 23.9 Å². The van der Waals surface area contributed by atoms with E-state index in [0.29, 0.717) is 23.5 Å². The van der Waals surface area contributed by atoms with Gasteiger partial charge in [-0.3, -0.25) is 9.48 Å². The van der Waals surface area contributed by atoms with E-state index in [1.54, 1.807) is 54.5 Å². The van der Waals surface area contributed by atoms with Crippen LogP contribution in [-0.4, -0.2) is 22.8 Å². The van der Waals surface area contributed by atoms with Gasteiger partial charge in [0.05, 0.1) is 25.5 Å². The molecule has 34 heavy (non-hydrogen) atoms. The molecule has 1 heterocycles. The molecule has 0 aliphatic carbocycles. The molecule has 0 aliphatic heterocycles. The number of aryl methyl sites for hydroxylation is 2. The molecular weight excluding hydrogens is 433 g/mol. The SMILES string of the molecule is COc1ccc(C(=O)Nc2cnn(Cc3ccc(F)cc3)c2)cc1COc1cc(C)ccc1C. The lowest BCUT2D eigenvalue weighted by molar-refractivity contribution is 0.102. The molecule has 1 amide bonds.